The predicted octanol–water partition coefficient (Wildman–Crippen LogP) is 2.69. The number of rotatable bonds is 12. The molecule has 1 amide bonds. The lowest BCUT2D eigenvalue weighted by Crippen LogP contribution is -2.42. The van der Waals surface area contributed by atoms with Crippen LogP contribution in [-0.2, 0) is 31.9 Å². The monoisotopic (exact) mass is 508 g/mol. The lowest BCUT2D eigenvalue weighted by molar-refractivity contribution is -0.146. The number of ether oxygens (including phenoxy) is 2. The van der Waals surface area contributed by atoms with E-state index in [1.165, 1.54) is 0 Å². The fourth-order valence-corrected chi connectivity index (χ4v) is 3.91. The van der Waals surface area contributed by atoms with Crippen molar-refractivity contribution in [3.05, 3.63) is 69.5 Å². The quantitative estimate of drug-likeness (QED) is 0.316. The van der Waals surface area contributed by atoms with E-state index in [2.05, 4.69) is 15.3 Å². The Morgan fingerprint density at radius 1 is 1.00 bits per heavy atom. The molecule has 0 bridgehead atoms. The summed E-state index contributed by atoms with van der Waals surface area (Å²) >= 11 is 0. The number of benzene rings is 2. The molecule has 196 valence electrons. The summed E-state index contributed by atoms with van der Waals surface area (Å²) in [5.41, 5.74) is 8.36. The minimum absolute atomic E-state index is 0.00724. The van der Waals surface area contributed by atoms with Crippen molar-refractivity contribution < 1.29 is 23.9 Å². The van der Waals surface area contributed by atoms with Gasteiger partial charge in [-0.3, -0.25) is 19.4 Å². The number of esters is 2. The smallest absolute Gasteiger partial charge is 0.328 e. The average Bonchev–Trinajstić information content (AvgIpc) is 2.87. The molecule has 37 heavy (non-hydrogen) atoms. The van der Waals surface area contributed by atoms with Gasteiger partial charge in [-0.25, -0.2) is 9.78 Å². The maximum Gasteiger partial charge on any atom is 0.328 e. The van der Waals surface area contributed by atoms with E-state index in [1.54, 1.807) is 32.0 Å². The summed E-state index contributed by atoms with van der Waals surface area (Å²) in [6, 6.07) is 11.7. The van der Waals surface area contributed by atoms with Crippen molar-refractivity contribution in [1.82, 2.24) is 15.3 Å². The lowest BCUT2D eigenvalue weighted by Gasteiger charge is -2.17. The first kappa shape index (κ1) is 27.4. The number of nitrogens with two attached hydrogens (primary N) is 1. The van der Waals surface area contributed by atoms with Crippen LogP contribution in [0.15, 0.2) is 47.3 Å². The number of hydrogen-bond acceptors (Lipinski definition) is 8. The van der Waals surface area contributed by atoms with E-state index in [-0.39, 0.29) is 37.6 Å². The van der Waals surface area contributed by atoms with Crippen molar-refractivity contribution in [2.45, 2.75) is 52.0 Å². The van der Waals surface area contributed by atoms with E-state index in [0.717, 1.165) is 30.4 Å². The number of fused-ring (bicyclic) bond motifs is 1. The number of H-pyrrole nitrogens is 1. The molecule has 0 saturated heterocycles. The number of aromatic nitrogens is 2. The number of aryl methyl sites for hydroxylation is 2. The van der Waals surface area contributed by atoms with Gasteiger partial charge in [0.25, 0.3) is 11.5 Å². The third-order valence-electron chi connectivity index (χ3n) is 5.75. The molecule has 4 N–H and O–H groups in total. The van der Waals surface area contributed by atoms with Gasteiger partial charge in [-0.15, -0.1) is 0 Å². The van der Waals surface area contributed by atoms with Crippen LogP contribution in [0.25, 0.3) is 10.9 Å². The first-order valence-electron chi connectivity index (χ1n) is 12.3. The SMILES string of the molecule is CCOC(=O)CC[C@H](NC(=O)c1ccc(CCCc2ccc3nc(N)[nH]c(=O)c3c2)cc1)C(=O)OCC. The Morgan fingerprint density at radius 3 is 2.38 bits per heavy atom. The zero-order valence-corrected chi connectivity index (χ0v) is 21.0. The van der Waals surface area contributed by atoms with Crippen LogP contribution in [-0.4, -0.2) is 47.1 Å². The van der Waals surface area contributed by atoms with Crippen molar-refractivity contribution >= 4 is 34.7 Å². The van der Waals surface area contributed by atoms with E-state index >= 15 is 0 Å². The second-order valence-corrected chi connectivity index (χ2v) is 8.47. The second kappa shape index (κ2) is 13.2. The van der Waals surface area contributed by atoms with Crippen LogP contribution >= 0.6 is 0 Å². The number of nitrogens with zero attached hydrogens (tertiary/aromatic N) is 1. The van der Waals surface area contributed by atoms with E-state index in [4.69, 9.17) is 15.2 Å². The van der Waals surface area contributed by atoms with Gasteiger partial charge in [0.05, 0.1) is 24.1 Å². The van der Waals surface area contributed by atoms with E-state index in [9.17, 15) is 19.2 Å². The molecule has 0 fully saturated rings. The number of anilines is 1. The minimum atomic E-state index is -0.947. The Kier molecular flexibility index (Phi) is 9.76. The average molecular weight is 509 g/mol. The Hall–Kier alpha value is -4.21. The van der Waals surface area contributed by atoms with E-state index in [1.807, 2.05) is 24.3 Å². The topological polar surface area (TPSA) is 153 Å². The van der Waals surface area contributed by atoms with Gasteiger partial charge in [-0.1, -0.05) is 18.2 Å². The molecule has 0 saturated carbocycles. The first-order valence-corrected chi connectivity index (χ1v) is 12.3. The number of hydrogen-bond donors (Lipinski definition) is 3. The number of carbonyl (C=O) groups excluding carboxylic acids is 3. The third-order valence-corrected chi connectivity index (χ3v) is 5.75. The summed E-state index contributed by atoms with van der Waals surface area (Å²) in [4.78, 5) is 55.4. The molecule has 1 atom stereocenters. The second-order valence-electron chi connectivity index (χ2n) is 8.47. The van der Waals surface area contributed by atoms with Crippen LogP contribution in [0.5, 0.6) is 0 Å². The number of amides is 1. The maximum atomic E-state index is 12.7. The highest BCUT2D eigenvalue weighted by atomic mass is 16.5. The lowest BCUT2D eigenvalue weighted by atomic mass is 10.0. The zero-order chi connectivity index (χ0) is 26.8. The summed E-state index contributed by atoms with van der Waals surface area (Å²) in [5.74, 6) is -1.36. The van der Waals surface area contributed by atoms with Crippen molar-refractivity contribution in [2.24, 2.45) is 0 Å². The van der Waals surface area contributed by atoms with Gasteiger partial charge in [-0.2, -0.15) is 0 Å². The van der Waals surface area contributed by atoms with Crippen LogP contribution in [0.2, 0.25) is 0 Å². The summed E-state index contributed by atoms with van der Waals surface area (Å²) in [5, 5.41) is 3.16. The fraction of sp³-hybridized carbons (Fsp3) is 0.370. The molecule has 0 radical (unpaired) electrons. The summed E-state index contributed by atoms with van der Waals surface area (Å²) < 4.78 is 9.93. The Bertz CT molecular complexity index is 1300. The molecule has 10 nitrogen and oxygen atoms in total. The van der Waals surface area contributed by atoms with Crippen molar-refractivity contribution in [3.63, 3.8) is 0 Å². The number of nitrogen functional groups attached to an aromatic ring is 1. The molecular formula is C27H32N4O6. The van der Waals surface area contributed by atoms with Crippen molar-refractivity contribution in [1.29, 1.82) is 0 Å². The Morgan fingerprint density at radius 2 is 1.68 bits per heavy atom. The molecule has 0 aliphatic heterocycles. The largest absolute Gasteiger partial charge is 0.466 e. The van der Waals surface area contributed by atoms with Crippen molar-refractivity contribution in [2.75, 3.05) is 18.9 Å². The predicted molar refractivity (Wildman–Crippen MR) is 139 cm³/mol. The molecule has 10 heteroatoms. The molecule has 3 rings (SSSR count). The molecule has 0 aliphatic rings. The Labute approximate surface area is 214 Å². The summed E-state index contributed by atoms with van der Waals surface area (Å²) in [6.45, 7) is 3.79. The standard InChI is InChI=1S/C27H32N4O6/c1-3-36-23(32)15-14-22(26(35)37-4-2)29-24(33)19-11-8-17(9-12-19)6-5-7-18-10-13-21-20(16-18)25(34)31-27(28)30-21/h8-13,16,22H,3-7,14-15H2,1-2H3,(H,29,33)(H3,28,30,31,34)/t22-/m0/s1. The van der Waals surface area contributed by atoms with Crippen LogP contribution in [0, 0.1) is 0 Å². The van der Waals surface area contributed by atoms with E-state index in [0.29, 0.717) is 16.5 Å². The van der Waals surface area contributed by atoms with Crippen LogP contribution in [0.1, 0.15) is 54.6 Å². The molecule has 1 aromatic heterocycles. The number of aromatic amines is 1. The van der Waals surface area contributed by atoms with Gasteiger partial charge in [0, 0.05) is 12.0 Å². The normalized spacial score (nSPS) is 11.6. The Balaban J connectivity index is 1.55. The van der Waals surface area contributed by atoms with Gasteiger partial charge in [-0.05, 0) is 74.9 Å². The summed E-state index contributed by atoms with van der Waals surface area (Å²) in [6.07, 6.45) is 2.47. The van der Waals surface area contributed by atoms with E-state index < -0.39 is 23.9 Å². The highest BCUT2D eigenvalue weighted by Crippen LogP contribution is 2.15. The van der Waals surface area contributed by atoms with Crippen LogP contribution < -0.4 is 16.6 Å². The molecule has 2 aromatic carbocycles. The highest BCUT2D eigenvalue weighted by Gasteiger charge is 2.24. The molecule has 0 spiro atoms. The van der Waals surface area contributed by atoms with Gasteiger partial charge in [0.2, 0.25) is 5.95 Å². The van der Waals surface area contributed by atoms with Crippen molar-refractivity contribution in [3.8, 4) is 0 Å². The number of carbonyl (C=O) groups is 3. The molecule has 0 unspecified atom stereocenters. The van der Waals surface area contributed by atoms with Gasteiger partial charge in [0.1, 0.15) is 6.04 Å². The molecule has 3 aromatic rings. The maximum absolute atomic E-state index is 12.7. The van der Waals surface area contributed by atoms with Gasteiger partial charge < -0.3 is 20.5 Å². The minimum Gasteiger partial charge on any atom is -0.466 e. The number of nitrogens with one attached hydrogen (secondary N) is 2. The van der Waals surface area contributed by atoms with Crippen LogP contribution in [0.3, 0.4) is 0 Å². The van der Waals surface area contributed by atoms with Gasteiger partial charge >= 0.3 is 11.9 Å². The zero-order valence-electron chi connectivity index (χ0n) is 21.0. The third kappa shape index (κ3) is 7.89. The molecule has 0 aliphatic carbocycles. The summed E-state index contributed by atoms with van der Waals surface area (Å²) in [7, 11) is 0. The molecular weight excluding hydrogens is 476 g/mol. The first-order chi connectivity index (χ1) is 17.8. The highest BCUT2D eigenvalue weighted by molar-refractivity contribution is 5.96. The van der Waals surface area contributed by atoms with Crippen LogP contribution in [0.4, 0.5) is 5.95 Å². The van der Waals surface area contributed by atoms with Gasteiger partial charge in [0.15, 0.2) is 0 Å². The molecule has 1 heterocycles. The fourth-order valence-electron chi connectivity index (χ4n) is 3.91.